The molecule has 0 bridgehead atoms. The number of hydrogen-bond acceptors (Lipinski definition) is 3. The second-order valence-electron chi connectivity index (χ2n) is 10.2. The summed E-state index contributed by atoms with van der Waals surface area (Å²) in [7, 11) is 0. The predicted molar refractivity (Wildman–Crippen MR) is 133 cm³/mol. The molecule has 1 amide bonds. The van der Waals surface area contributed by atoms with Gasteiger partial charge in [-0.25, -0.2) is 0 Å². The summed E-state index contributed by atoms with van der Waals surface area (Å²) in [6.45, 7) is 3.42. The molecular weight excluding hydrogens is 408 g/mol. The summed E-state index contributed by atoms with van der Waals surface area (Å²) >= 11 is 0. The van der Waals surface area contributed by atoms with Gasteiger partial charge in [-0.2, -0.15) is 0 Å². The Balaban J connectivity index is 1.15. The van der Waals surface area contributed by atoms with E-state index in [9.17, 15) is 4.79 Å². The molecule has 3 aliphatic rings. The van der Waals surface area contributed by atoms with Gasteiger partial charge in [0.05, 0.1) is 5.92 Å². The summed E-state index contributed by atoms with van der Waals surface area (Å²) in [6, 6.07) is 16.1. The minimum absolute atomic E-state index is 0.103. The number of fused-ring (bicyclic) bond motifs is 2. The van der Waals surface area contributed by atoms with Gasteiger partial charge in [-0.15, -0.1) is 0 Å². The van der Waals surface area contributed by atoms with E-state index in [2.05, 4.69) is 10.2 Å². The lowest BCUT2D eigenvalue weighted by Gasteiger charge is -2.35. The maximum absolute atomic E-state index is 13.5. The predicted octanol–water partition coefficient (Wildman–Crippen LogP) is 6.26. The van der Waals surface area contributed by atoms with E-state index in [1.807, 2.05) is 48.5 Å². The number of benzene rings is 2. The number of likely N-dealkylation sites (tertiary alicyclic amines) is 1. The molecule has 0 spiro atoms. The Labute approximate surface area is 198 Å². The van der Waals surface area contributed by atoms with Gasteiger partial charge in [-0.1, -0.05) is 81.3 Å². The van der Waals surface area contributed by atoms with Crippen LogP contribution in [0.15, 0.2) is 48.5 Å². The van der Waals surface area contributed by atoms with E-state index in [0.29, 0.717) is 0 Å². The third-order valence-corrected chi connectivity index (χ3v) is 7.95. The van der Waals surface area contributed by atoms with Crippen molar-refractivity contribution >= 4 is 5.91 Å². The number of amides is 1. The summed E-state index contributed by atoms with van der Waals surface area (Å²) in [6.07, 6.45) is 13.5. The quantitative estimate of drug-likeness (QED) is 0.590. The molecule has 4 heteroatoms. The summed E-state index contributed by atoms with van der Waals surface area (Å²) in [5.74, 6) is 2.31. The van der Waals surface area contributed by atoms with Gasteiger partial charge in [0.25, 0.3) is 0 Å². The first-order valence-corrected chi connectivity index (χ1v) is 13.2. The highest BCUT2D eigenvalue weighted by molar-refractivity contribution is 5.89. The number of nitrogens with one attached hydrogen (secondary N) is 1. The number of rotatable bonds is 5. The van der Waals surface area contributed by atoms with E-state index in [4.69, 9.17) is 4.74 Å². The van der Waals surface area contributed by atoms with Gasteiger partial charge in [-0.3, -0.25) is 4.79 Å². The summed E-state index contributed by atoms with van der Waals surface area (Å²) < 4.78 is 6.07. The Morgan fingerprint density at radius 3 is 2.03 bits per heavy atom. The van der Waals surface area contributed by atoms with E-state index >= 15 is 0 Å². The van der Waals surface area contributed by atoms with Gasteiger partial charge >= 0.3 is 0 Å². The van der Waals surface area contributed by atoms with Crippen molar-refractivity contribution in [1.29, 1.82) is 0 Å². The van der Waals surface area contributed by atoms with Crippen molar-refractivity contribution in [3.05, 3.63) is 59.7 Å². The van der Waals surface area contributed by atoms with Crippen LogP contribution in [0.1, 0.15) is 81.3 Å². The molecule has 1 saturated carbocycles. The molecule has 2 aromatic rings. The molecule has 5 rings (SSSR count). The molecule has 0 radical (unpaired) electrons. The average Bonchev–Trinajstić information content (AvgIpc) is 2.82. The molecule has 0 unspecified atom stereocenters. The minimum atomic E-state index is -0.302. The summed E-state index contributed by atoms with van der Waals surface area (Å²) in [5.41, 5.74) is 1.93. The molecule has 2 heterocycles. The van der Waals surface area contributed by atoms with Gasteiger partial charge in [-0.05, 0) is 43.9 Å². The Kier molecular flexibility index (Phi) is 7.30. The number of piperidine rings is 1. The van der Waals surface area contributed by atoms with Gasteiger partial charge in [0.15, 0.2) is 0 Å². The lowest BCUT2D eigenvalue weighted by Crippen LogP contribution is -2.46. The topological polar surface area (TPSA) is 41.6 Å². The van der Waals surface area contributed by atoms with Crippen molar-refractivity contribution in [3.8, 4) is 11.5 Å². The second kappa shape index (κ2) is 10.7. The molecule has 1 saturated heterocycles. The minimum Gasteiger partial charge on any atom is -0.457 e. The molecule has 2 fully saturated rings. The Morgan fingerprint density at radius 2 is 1.39 bits per heavy atom. The molecule has 2 aliphatic heterocycles. The van der Waals surface area contributed by atoms with Gasteiger partial charge in [0.1, 0.15) is 11.5 Å². The molecule has 33 heavy (non-hydrogen) atoms. The zero-order valence-electron chi connectivity index (χ0n) is 19.8. The maximum atomic E-state index is 13.5. The zero-order chi connectivity index (χ0) is 22.5. The van der Waals surface area contributed by atoms with Crippen molar-refractivity contribution in [2.24, 2.45) is 5.92 Å². The molecule has 2 aromatic carbocycles. The fourth-order valence-electron chi connectivity index (χ4n) is 5.97. The molecule has 0 atom stereocenters. The van der Waals surface area contributed by atoms with E-state index in [1.54, 1.807) is 0 Å². The number of nitrogens with zero attached hydrogens (tertiary/aromatic N) is 1. The monoisotopic (exact) mass is 446 g/mol. The van der Waals surface area contributed by atoms with Crippen molar-refractivity contribution in [2.45, 2.75) is 76.2 Å². The molecular formula is C29H38N2O2. The second-order valence-corrected chi connectivity index (χ2v) is 10.2. The number of carbonyl (C=O) groups excluding carboxylic acids is 1. The third-order valence-electron chi connectivity index (χ3n) is 7.95. The van der Waals surface area contributed by atoms with Gasteiger partial charge < -0.3 is 15.0 Å². The molecule has 176 valence electrons. The number of carbonyl (C=O) groups is 1. The van der Waals surface area contributed by atoms with Crippen molar-refractivity contribution in [2.75, 3.05) is 19.6 Å². The Hall–Kier alpha value is -2.33. The number of para-hydroxylation sites is 2. The highest BCUT2D eigenvalue weighted by atomic mass is 16.5. The van der Waals surface area contributed by atoms with E-state index in [1.165, 1.54) is 57.9 Å². The van der Waals surface area contributed by atoms with E-state index < -0.39 is 0 Å². The maximum Gasteiger partial charge on any atom is 0.232 e. The smallest absolute Gasteiger partial charge is 0.232 e. The van der Waals surface area contributed by atoms with Crippen LogP contribution >= 0.6 is 0 Å². The van der Waals surface area contributed by atoms with Gasteiger partial charge in [0.2, 0.25) is 5.91 Å². The number of hydrogen-bond donors (Lipinski definition) is 1. The average molecular weight is 447 g/mol. The van der Waals surface area contributed by atoms with Gasteiger partial charge in [0, 0.05) is 30.3 Å². The first-order chi connectivity index (χ1) is 16.3. The van der Waals surface area contributed by atoms with Crippen LogP contribution in [0, 0.1) is 5.92 Å². The molecule has 1 aliphatic carbocycles. The number of ether oxygens (including phenoxy) is 1. The summed E-state index contributed by atoms with van der Waals surface area (Å²) in [5, 5.41) is 3.39. The van der Waals surface area contributed by atoms with E-state index in [0.717, 1.165) is 54.5 Å². The standard InChI is InChI=1S/C29H38N2O2/c32-29(28-24-12-6-8-14-26(24)33-27-15-9-7-13-25(27)28)30-23-17-20-31(21-18-23)19-16-22-10-4-2-1-3-5-11-22/h6-9,12-15,22-23,28H,1-5,10-11,16-21H2,(H,30,32). The van der Waals surface area contributed by atoms with Crippen LogP contribution in [-0.2, 0) is 4.79 Å². The fourth-order valence-corrected chi connectivity index (χ4v) is 5.97. The lowest BCUT2D eigenvalue weighted by atomic mass is 9.86. The first kappa shape index (κ1) is 22.5. The molecule has 1 N–H and O–H groups in total. The van der Waals surface area contributed by atoms with E-state index in [-0.39, 0.29) is 17.9 Å². The van der Waals surface area contributed by atoms with Crippen molar-refractivity contribution < 1.29 is 9.53 Å². The van der Waals surface area contributed by atoms with Crippen LogP contribution in [0.4, 0.5) is 0 Å². The Morgan fingerprint density at radius 1 is 0.818 bits per heavy atom. The Bertz CT molecular complexity index is 881. The molecule has 0 aromatic heterocycles. The van der Waals surface area contributed by atoms with Crippen LogP contribution in [0.5, 0.6) is 11.5 Å². The summed E-state index contributed by atoms with van der Waals surface area (Å²) in [4.78, 5) is 16.1. The van der Waals surface area contributed by atoms with Crippen molar-refractivity contribution in [1.82, 2.24) is 10.2 Å². The molecule has 4 nitrogen and oxygen atoms in total. The normalized spacial score (nSPS) is 20.7. The highest BCUT2D eigenvalue weighted by Gasteiger charge is 2.34. The van der Waals surface area contributed by atoms with Crippen LogP contribution in [0.25, 0.3) is 0 Å². The first-order valence-electron chi connectivity index (χ1n) is 13.2. The highest BCUT2D eigenvalue weighted by Crippen LogP contribution is 2.44. The third kappa shape index (κ3) is 5.43. The van der Waals surface area contributed by atoms with Crippen LogP contribution in [0.2, 0.25) is 0 Å². The van der Waals surface area contributed by atoms with Crippen molar-refractivity contribution in [3.63, 3.8) is 0 Å². The van der Waals surface area contributed by atoms with Crippen LogP contribution < -0.4 is 10.1 Å². The fraction of sp³-hybridized carbons (Fsp3) is 0.552. The SMILES string of the molecule is O=C(NC1CCN(CCC2CCCCCCC2)CC1)C1c2ccccc2Oc2ccccc21. The van der Waals surface area contributed by atoms with Crippen LogP contribution in [0.3, 0.4) is 0 Å². The zero-order valence-corrected chi connectivity index (χ0v) is 19.8. The van der Waals surface area contributed by atoms with Crippen LogP contribution in [-0.4, -0.2) is 36.5 Å². The largest absolute Gasteiger partial charge is 0.457 e. The lowest BCUT2D eigenvalue weighted by molar-refractivity contribution is -0.122.